The molecular formula is C10H9Br2N3. The van der Waals surface area contributed by atoms with Gasteiger partial charge in [0.15, 0.2) is 0 Å². The second-order valence-corrected chi connectivity index (χ2v) is 4.98. The van der Waals surface area contributed by atoms with Crippen LogP contribution in [0.1, 0.15) is 5.69 Å². The van der Waals surface area contributed by atoms with Crippen LogP contribution in [-0.4, -0.2) is 9.55 Å². The monoisotopic (exact) mass is 329 g/mol. The van der Waals surface area contributed by atoms with Gasteiger partial charge in [-0.3, -0.25) is 4.57 Å². The smallest absolute Gasteiger partial charge is 0.205 e. The van der Waals surface area contributed by atoms with Gasteiger partial charge in [0.25, 0.3) is 0 Å². The predicted octanol–water partition coefficient (Wildman–Crippen LogP) is 3.29. The van der Waals surface area contributed by atoms with Crippen molar-refractivity contribution >= 4 is 37.8 Å². The molecule has 0 saturated carbocycles. The molecule has 15 heavy (non-hydrogen) atoms. The highest BCUT2D eigenvalue weighted by atomic mass is 79.9. The molecule has 0 saturated heterocycles. The summed E-state index contributed by atoms with van der Waals surface area (Å²) < 4.78 is 3.84. The summed E-state index contributed by atoms with van der Waals surface area (Å²) in [7, 11) is 0. The molecule has 0 fully saturated rings. The van der Waals surface area contributed by atoms with Crippen molar-refractivity contribution in [3.05, 3.63) is 39.0 Å². The van der Waals surface area contributed by atoms with Crippen molar-refractivity contribution in [2.24, 2.45) is 0 Å². The lowest BCUT2D eigenvalue weighted by Crippen LogP contribution is -2.00. The van der Waals surface area contributed by atoms with Gasteiger partial charge in [0.05, 0.1) is 11.4 Å². The Balaban J connectivity index is 2.62. The minimum absolute atomic E-state index is 0.492. The fourth-order valence-corrected chi connectivity index (χ4v) is 2.17. The van der Waals surface area contributed by atoms with Crippen LogP contribution in [-0.2, 0) is 0 Å². The minimum atomic E-state index is 0.492. The van der Waals surface area contributed by atoms with Gasteiger partial charge in [0, 0.05) is 15.1 Å². The molecule has 3 nitrogen and oxygen atoms in total. The number of hydrogen-bond donors (Lipinski definition) is 1. The third kappa shape index (κ3) is 2.08. The Kier molecular flexibility index (Phi) is 2.84. The lowest BCUT2D eigenvalue weighted by molar-refractivity contribution is 1.06. The van der Waals surface area contributed by atoms with Crippen LogP contribution in [0.2, 0.25) is 0 Å². The van der Waals surface area contributed by atoms with Gasteiger partial charge in [0.1, 0.15) is 0 Å². The fourth-order valence-electron chi connectivity index (χ4n) is 1.38. The number of benzene rings is 1. The number of aryl methyl sites for hydroxylation is 1. The molecule has 0 atom stereocenters. The Morgan fingerprint density at radius 1 is 1.33 bits per heavy atom. The summed E-state index contributed by atoms with van der Waals surface area (Å²) in [4.78, 5) is 4.16. The number of hydrogen-bond acceptors (Lipinski definition) is 2. The molecule has 0 spiro atoms. The summed E-state index contributed by atoms with van der Waals surface area (Å²) in [5, 5.41) is 0. The molecule has 5 heteroatoms. The zero-order chi connectivity index (χ0) is 11.0. The largest absolute Gasteiger partial charge is 0.369 e. The van der Waals surface area contributed by atoms with Crippen molar-refractivity contribution in [2.45, 2.75) is 6.92 Å². The molecule has 2 N–H and O–H groups in total. The molecule has 1 aromatic carbocycles. The van der Waals surface area contributed by atoms with Gasteiger partial charge in [-0.05, 0) is 41.1 Å². The van der Waals surface area contributed by atoms with Gasteiger partial charge in [-0.1, -0.05) is 15.9 Å². The van der Waals surface area contributed by atoms with Crippen molar-refractivity contribution in [3.8, 4) is 5.69 Å². The van der Waals surface area contributed by atoms with E-state index in [0.717, 1.165) is 20.3 Å². The number of aromatic nitrogens is 2. The number of nitrogens with zero attached hydrogens (tertiary/aromatic N) is 2. The number of rotatable bonds is 1. The van der Waals surface area contributed by atoms with Gasteiger partial charge in [-0.15, -0.1) is 0 Å². The van der Waals surface area contributed by atoms with E-state index in [4.69, 9.17) is 5.73 Å². The first kappa shape index (κ1) is 10.7. The van der Waals surface area contributed by atoms with Crippen LogP contribution in [0.15, 0.2) is 33.3 Å². The number of anilines is 1. The first-order chi connectivity index (χ1) is 7.08. The van der Waals surface area contributed by atoms with E-state index in [9.17, 15) is 0 Å². The Bertz CT molecular complexity index is 505. The van der Waals surface area contributed by atoms with E-state index in [-0.39, 0.29) is 0 Å². The molecule has 2 aromatic rings. The third-order valence-corrected chi connectivity index (χ3v) is 3.19. The third-order valence-electron chi connectivity index (χ3n) is 2.02. The number of imidazole rings is 1. The maximum absolute atomic E-state index is 5.81. The summed E-state index contributed by atoms with van der Waals surface area (Å²) in [5.41, 5.74) is 7.68. The Morgan fingerprint density at radius 3 is 2.67 bits per heavy atom. The van der Waals surface area contributed by atoms with Crippen LogP contribution < -0.4 is 5.73 Å². The van der Waals surface area contributed by atoms with Crippen molar-refractivity contribution in [1.82, 2.24) is 9.55 Å². The van der Waals surface area contributed by atoms with Gasteiger partial charge in [-0.25, -0.2) is 4.98 Å². The van der Waals surface area contributed by atoms with E-state index in [0.29, 0.717) is 5.95 Å². The van der Waals surface area contributed by atoms with Gasteiger partial charge < -0.3 is 5.73 Å². The second-order valence-electron chi connectivity index (χ2n) is 3.21. The SMILES string of the molecule is Cc1cn(-c2cc(Br)ccc2Br)c(N)n1. The molecule has 1 heterocycles. The molecular weight excluding hydrogens is 322 g/mol. The fraction of sp³-hybridized carbons (Fsp3) is 0.100. The lowest BCUT2D eigenvalue weighted by atomic mass is 10.3. The van der Waals surface area contributed by atoms with Gasteiger partial charge in [-0.2, -0.15) is 0 Å². The molecule has 1 aromatic heterocycles. The maximum Gasteiger partial charge on any atom is 0.205 e. The minimum Gasteiger partial charge on any atom is -0.369 e. The van der Waals surface area contributed by atoms with Crippen LogP contribution in [0.5, 0.6) is 0 Å². The highest BCUT2D eigenvalue weighted by molar-refractivity contribution is 9.11. The number of nitrogens with two attached hydrogens (primary N) is 1. The van der Waals surface area contributed by atoms with Gasteiger partial charge in [0.2, 0.25) is 5.95 Å². The zero-order valence-corrected chi connectivity index (χ0v) is 11.2. The van der Waals surface area contributed by atoms with Crippen LogP contribution in [0.25, 0.3) is 5.69 Å². The van der Waals surface area contributed by atoms with E-state index >= 15 is 0 Å². The molecule has 0 radical (unpaired) electrons. The molecule has 78 valence electrons. The molecule has 0 unspecified atom stereocenters. The van der Waals surface area contributed by atoms with Crippen LogP contribution in [0.3, 0.4) is 0 Å². The highest BCUT2D eigenvalue weighted by Gasteiger charge is 2.07. The predicted molar refractivity (Wildman–Crippen MR) is 68.1 cm³/mol. The summed E-state index contributed by atoms with van der Waals surface area (Å²) in [6.07, 6.45) is 1.90. The number of nitrogen functional groups attached to an aromatic ring is 1. The van der Waals surface area contributed by atoms with Crippen LogP contribution in [0.4, 0.5) is 5.95 Å². The van der Waals surface area contributed by atoms with E-state index in [1.165, 1.54) is 0 Å². The van der Waals surface area contributed by atoms with Crippen molar-refractivity contribution in [3.63, 3.8) is 0 Å². The zero-order valence-electron chi connectivity index (χ0n) is 8.04. The molecule has 0 bridgehead atoms. The normalized spacial score (nSPS) is 10.6. The van der Waals surface area contributed by atoms with E-state index in [1.807, 2.05) is 35.9 Å². The number of halogens is 2. The average molecular weight is 331 g/mol. The van der Waals surface area contributed by atoms with Crippen LogP contribution >= 0.6 is 31.9 Å². The quantitative estimate of drug-likeness (QED) is 0.872. The van der Waals surface area contributed by atoms with Crippen molar-refractivity contribution in [1.29, 1.82) is 0 Å². The van der Waals surface area contributed by atoms with Crippen molar-refractivity contribution in [2.75, 3.05) is 5.73 Å². The topological polar surface area (TPSA) is 43.8 Å². The Hall–Kier alpha value is -0.810. The Morgan fingerprint density at radius 2 is 2.07 bits per heavy atom. The molecule has 0 amide bonds. The molecule has 0 aliphatic heterocycles. The summed E-state index contributed by atoms with van der Waals surface area (Å²) in [6, 6.07) is 5.92. The van der Waals surface area contributed by atoms with Gasteiger partial charge >= 0.3 is 0 Å². The molecule has 0 aliphatic carbocycles. The Labute approximate surface area is 105 Å². The summed E-state index contributed by atoms with van der Waals surface area (Å²) >= 11 is 6.92. The second kappa shape index (κ2) is 3.98. The van der Waals surface area contributed by atoms with E-state index in [2.05, 4.69) is 36.8 Å². The van der Waals surface area contributed by atoms with E-state index in [1.54, 1.807) is 0 Å². The lowest BCUT2D eigenvalue weighted by Gasteiger charge is -2.07. The highest BCUT2D eigenvalue weighted by Crippen LogP contribution is 2.26. The average Bonchev–Trinajstić information content (AvgIpc) is 2.50. The van der Waals surface area contributed by atoms with Crippen LogP contribution in [0, 0.1) is 6.92 Å². The van der Waals surface area contributed by atoms with E-state index < -0.39 is 0 Å². The summed E-state index contributed by atoms with van der Waals surface area (Å²) in [5.74, 6) is 0.492. The molecule has 2 rings (SSSR count). The standard InChI is InChI=1S/C10H9Br2N3/c1-6-5-15(10(13)14-6)9-4-7(11)2-3-8(9)12/h2-5H,1H3,(H2,13,14). The first-order valence-corrected chi connectivity index (χ1v) is 5.93. The maximum atomic E-state index is 5.81. The molecule has 0 aliphatic rings. The summed E-state index contributed by atoms with van der Waals surface area (Å²) in [6.45, 7) is 1.92. The van der Waals surface area contributed by atoms with Crippen molar-refractivity contribution < 1.29 is 0 Å². The first-order valence-electron chi connectivity index (χ1n) is 4.35.